The number of aliphatic hydroxyl groups excluding tert-OH is 1. The SMILES string of the molecule is CNc1nc(N2C3CCC2CC(O)C3)c2ccsc2n1. The van der Waals surface area contributed by atoms with Crippen LogP contribution in [0.3, 0.4) is 0 Å². The van der Waals surface area contributed by atoms with Gasteiger partial charge in [0.15, 0.2) is 0 Å². The molecule has 2 N–H and O–H groups in total. The van der Waals surface area contributed by atoms with Gasteiger partial charge < -0.3 is 15.3 Å². The van der Waals surface area contributed by atoms with Gasteiger partial charge in [0.2, 0.25) is 5.95 Å². The molecule has 2 fully saturated rings. The molecule has 2 unspecified atom stereocenters. The first kappa shape index (κ1) is 12.3. The summed E-state index contributed by atoms with van der Waals surface area (Å²) in [5.41, 5.74) is 0. The van der Waals surface area contributed by atoms with E-state index in [4.69, 9.17) is 4.98 Å². The quantitative estimate of drug-likeness (QED) is 0.888. The maximum absolute atomic E-state index is 9.96. The fourth-order valence-electron chi connectivity index (χ4n) is 3.64. The van der Waals surface area contributed by atoms with Crippen LogP contribution in [0.15, 0.2) is 11.4 Å². The van der Waals surface area contributed by atoms with E-state index >= 15 is 0 Å². The van der Waals surface area contributed by atoms with Crippen molar-refractivity contribution in [1.82, 2.24) is 9.97 Å². The van der Waals surface area contributed by atoms with Gasteiger partial charge in [0, 0.05) is 19.1 Å². The number of fused-ring (bicyclic) bond motifs is 3. The molecule has 2 saturated heterocycles. The molecule has 2 bridgehead atoms. The molecule has 106 valence electrons. The van der Waals surface area contributed by atoms with Crippen LogP contribution in [0.1, 0.15) is 25.7 Å². The lowest BCUT2D eigenvalue weighted by Crippen LogP contribution is -2.45. The molecule has 0 aromatic carbocycles. The van der Waals surface area contributed by atoms with Crippen LogP contribution < -0.4 is 10.2 Å². The van der Waals surface area contributed by atoms with Gasteiger partial charge in [-0.25, -0.2) is 4.98 Å². The molecule has 5 nitrogen and oxygen atoms in total. The van der Waals surface area contributed by atoms with Crippen LogP contribution in [0.5, 0.6) is 0 Å². The van der Waals surface area contributed by atoms with E-state index in [0.717, 1.165) is 41.7 Å². The highest BCUT2D eigenvalue weighted by Gasteiger charge is 2.41. The van der Waals surface area contributed by atoms with Gasteiger partial charge in [0.1, 0.15) is 10.6 Å². The second-order valence-corrected chi connectivity index (χ2v) is 6.57. The fourth-order valence-corrected chi connectivity index (χ4v) is 4.40. The minimum absolute atomic E-state index is 0.146. The Morgan fingerprint density at radius 1 is 1.30 bits per heavy atom. The summed E-state index contributed by atoms with van der Waals surface area (Å²) in [5, 5.41) is 16.2. The Hall–Kier alpha value is -1.40. The summed E-state index contributed by atoms with van der Waals surface area (Å²) in [6.07, 6.45) is 3.90. The lowest BCUT2D eigenvalue weighted by Gasteiger charge is -2.38. The van der Waals surface area contributed by atoms with Crippen LogP contribution in [0.25, 0.3) is 10.2 Å². The van der Waals surface area contributed by atoms with Gasteiger partial charge in [-0.3, -0.25) is 0 Å². The monoisotopic (exact) mass is 290 g/mol. The number of thiophene rings is 1. The van der Waals surface area contributed by atoms with Gasteiger partial charge in [0.05, 0.1) is 11.5 Å². The average molecular weight is 290 g/mol. The number of aliphatic hydroxyl groups is 1. The molecule has 2 aliphatic rings. The van der Waals surface area contributed by atoms with Crippen molar-refractivity contribution in [2.24, 2.45) is 0 Å². The first-order valence-corrected chi connectivity index (χ1v) is 8.03. The normalized spacial score (nSPS) is 29.1. The zero-order chi connectivity index (χ0) is 13.7. The number of rotatable bonds is 2. The largest absolute Gasteiger partial charge is 0.393 e. The van der Waals surface area contributed by atoms with Gasteiger partial charge in [-0.1, -0.05) is 0 Å². The van der Waals surface area contributed by atoms with E-state index < -0.39 is 0 Å². The Morgan fingerprint density at radius 3 is 2.75 bits per heavy atom. The Morgan fingerprint density at radius 2 is 2.05 bits per heavy atom. The summed E-state index contributed by atoms with van der Waals surface area (Å²) in [6.45, 7) is 0. The third-order valence-electron chi connectivity index (χ3n) is 4.48. The minimum atomic E-state index is -0.146. The highest BCUT2D eigenvalue weighted by atomic mass is 32.1. The second kappa shape index (κ2) is 4.56. The first-order chi connectivity index (χ1) is 9.76. The van der Waals surface area contributed by atoms with Gasteiger partial charge in [-0.15, -0.1) is 11.3 Å². The van der Waals surface area contributed by atoms with Gasteiger partial charge in [-0.2, -0.15) is 4.98 Å². The van der Waals surface area contributed by atoms with Crippen LogP contribution in [0.4, 0.5) is 11.8 Å². The third kappa shape index (κ3) is 1.78. The van der Waals surface area contributed by atoms with E-state index in [9.17, 15) is 5.11 Å². The van der Waals surface area contributed by atoms with Crippen molar-refractivity contribution in [2.75, 3.05) is 17.3 Å². The van der Waals surface area contributed by atoms with Gasteiger partial charge in [0.25, 0.3) is 0 Å². The molecule has 20 heavy (non-hydrogen) atoms. The van der Waals surface area contributed by atoms with Crippen molar-refractivity contribution >= 4 is 33.3 Å². The van der Waals surface area contributed by atoms with E-state index in [-0.39, 0.29) is 6.10 Å². The molecule has 2 aliphatic heterocycles. The Labute approximate surface area is 121 Å². The lowest BCUT2D eigenvalue weighted by molar-refractivity contribution is 0.126. The predicted octanol–water partition coefficient (Wildman–Crippen LogP) is 2.23. The summed E-state index contributed by atoms with van der Waals surface area (Å²) in [6, 6.07) is 2.96. The molecule has 0 amide bonds. The second-order valence-electron chi connectivity index (χ2n) is 5.68. The molecule has 2 aromatic heterocycles. The Balaban J connectivity index is 1.83. The summed E-state index contributed by atoms with van der Waals surface area (Å²) < 4.78 is 0. The van der Waals surface area contributed by atoms with E-state index in [1.165, 1.54) is 0 Å². The fraction of sp³-hybridized carbons (Fsp3) is 0.571. The molecule has 0 saturated carbocycles. The Kier molecular flexibility index (Phi) is 2.82. The minimum Gasteiger partial charge on any atom is -0.393 e. The maximum Gasteiger partial charge on any atom is 0.225 e. The zero-order valence-electron chi connectivity index (χ0n) is 11.4. The topological polar surface area (TPSA) is 61.3 Å². The molecular weight excluding hydrogens is 272 g/mol. The third-order valence-corrected chi connectivity index (χ3v) is 5.29. The van der Waals surface area contributed by atoms with E-state index in [1.807, 2.05) is 7.05 Å². The molecule has 6 heteroatoms. The molecule has 4 rings (SSSR count). The number of anilines is 2. The summed E-state index contributed by atoms with van der Waals surface area (Å²) >= 11 is 1.65. The van der Waals surface area contributed by atoms with Crippen molar-refractivity contribution in [3.8, 4) is 0 Å². The maximum atomic E-state index is 9.96. The molecule has 4 heterocycles. The van der Waals surface area contributed by atoms with Crippen LogP contribution in [-0.4, -0.2) is 40.3 Å². The van der Waals surface area contributed by atoms with Gasteiger partial charge >= 0.3 is 0 Å². The molecule has 2 atom stereocenters. The first-order valence-electron chi connectivity index (χ1n) is 7.15. The number of aromatic nitrogens is 2. The van der Waals surface area contributed by atoms with Crippen LogP contribution >= 0.6 is 11.3 Å². The number of nitrogens with zero attached hydrogens (tertiary/aromatic N) is 3. The van der Waals surface area contributed by atoms with Crippen molar-refractivity contribution < 1.29 is 5.11 Å². The number of hydrogen-bond donors (Lipinski definition) is 2. The molecule has 2 aromatic rings. The lowest BCUT2D eigenvalue weighted by atomic mass is 10.00. The molecule has 0 spiro atoms. The van der Waals surface area contributed by atoms with Gasteiger partial charge in [-0.05, 0) is 37.1 Å². The number of piperidine rings is 1. The van der Waals surface area contributed by atoms with Crippen LogP contribution in [-0.2, 0) is 0 Å². The van der Waals surface area contributed by atoms with Crippen molar-refractivity contribution in [3.63, 3.8) is 0 Å². The standard InChI is InChI=1S/C14H18N4OS/c1-15-14-16-12(11-4-5-20-13(11)17-14)18-8-2-3-9(18)7-10(19)6-8/h4-5,8-10,19H,2-3,6-7H2,1H3,(H,15,16,17). The summed E-state index contributed by atoms with van der Waals surface area (Å²) in [5.74, 6) is 1.72. The highest BCUT2D eigenvalue weighted by Crippen LogP contribution is 2.41. The molecule has 0 aliphatic carbocycles. The van der Waals surface area contributed by atoms with E-state index in [2.05, 4.69) is 26.6 Å². The van der Waals surface area contributed by atoms with Crippen molar-refractivity contribution in [3.05, 3.63) is 11.4 Å². The summed E-state index contributed by atoms with van der Waals surface area (Å²) in [7, 11) is 1.85. The van der Waals surface area contributed by atoms with Crippen LogP contribution in [0, 0.1) is 0 Å². The zero-order valence-corrected chi connectivity index (χ0v) is 12.2. The summed E-state index contributed by atoms with van der Waals surface area (Å²) in [4.78, 5) is 12.7. The molecular formula is C14H18N4OS. The smallest absolute Gasteiger partial charge is 0.225 e. The van der Waals surface area contributed by atoms with E-state index in [0.29, 0.717) is 18.0 Å². The number of nitrogens with one attached hydrogen (secondary N) is 1. The van der Waals surface area contributed by atoms with Crippen molar-refractivity contribution in [1.29, 1.82) is 0 Å². The van der Waals surface area contributed by atoms with Crippen molar-refractivity contribution in [2.45, 2.75) is 43.9 Å². The van der Waals surface area contributed by atoms with E-state index in [1.54, 1.807) is 11.3 Å². The van der Waals surface area contributed by atoms with Crippen LogP contribution in [0.2, 0.25) is 0 Å². The highest BCUT2D eigenvalue weighted by molar-refractivity contribution is 7.16. The molecule has 0 radical (unpaired) electrons. The average Bonchev–Trinajstić information content (AvgIpc) is 3.01. The predicted molar refractivity (Wildman–Crippen MR) is 81.5 cm³/mol. The number of hydrogen-bond acceptors (Lipinski definition) is 6. The Bertz CT molecular complexity index is 629.